The predicted octanol–water partition coefficient (Wildman–Crippen LogP) is 4.34. The number of aromatic nitrogens is 1. The van der Waals surface area contributed by atoms with E-state index >= 15 is 0 Å². The molecule has 0 fully saturated rings. The van der Waals surface area contributed by atoms with Gasteiger partial charge in [0.1, 0.15) is 4.88 Å². The van der Waals surface area contributed by atoms with Crippen LogP contribution in [-0.4, -0.2) is 23.5 Å². The SMILES string of the molecule is CCOC(=O)c1sc(NC(=O)c2cc(C)nc3ccccc23)cc1C. The molecule has 1 N–H and O–H groups in total. The second kappa shape index (κ2) is 7.03. The fourth-order valence-electron chi connectivity index (χ4n) is 2.62. The summed E-state index contributed by atoms with van der Waals surface area (Å²) in [6.45, 7) is 5.77. The molecule has 3 aromatic rings. The van der Waals surface area contributed by atoms with Crippen molar-refractivity contribution in [3.05, 3.63) is 58.1 Å². The highest BCUT2D eigenvalue weighted by atomic mass is 32.1. The van der Waals surface area contributed by atoms with Crippen LogP contribution in [0, 0.1) is 13.8 Å². The number of amides is 1. The molecule has 128 valence electrons. The Morgan fingerprint density at radius 1 is 1.20 bits per heavy atom. The Bertz CT molecular complexity index is 962. The Morgan fingerprint density at radius 2 is 1.96 bits per heavy atom. The number of carbonyl (C=O) groups is 2. The maximum Gasteiger partial charge on any atom is 0.348 e. The minimum atomic E-state index is -0.365. The van der Waals surface area contributed by atoms with Gasteiger partial charge in [0, 0.05) is 11.1 Å². The van der Waals surface area contributed by atoms with Crippen molar-refractivity contribution in [2.24, 2.45) is 0 Å². The molecule has 0 unspecified atom stereocenters. The zero-order chi connectivity index (χ0) is 18.0. The number of thiophene rings is 1. The molecule has 2 heterocycles. The first-order chi connectivity index (χ1) is 12.0. The number of esters is 1. The predicted molar refractivity (Wildman–Crippen MR) is 99.4 cm³/mol. The first kappa shape index (κ1) is 17.1. The number of nitrogens with zero attached hydrogens (tertiary/aromatic N) is 1. The Balaban J connectivity index is 1.91. The number of rotatable bonds is 4. The van der Waals surface area contributed by atoms with Gasteiger partial charge in [0.25, 0.3) is 5.91 Å². The quantitative estimate of drug-likeness (QED) is 0.708. The number of anilines is 1. The maximum atomic E-state index is 12.7. The van der Waals surface area contributed by atoms with Gasteiger partial charge in [-0.05, 0) is 44.5 Å². The molecule has 0 saturated heterocycles. The van der Waals surface area contributed by atoms with Gasteiger partial charge in [-0.1, -0.05) is 18.2 Å². The van der Waals surface area contributed by atoms with Gasteiger partial charge in [0.05, 0.1) is 22.7 Å². The van der Waals surface area contributed by atoms with E-state index in [1.54, 1.807) is 19.1 Å². The minimum Gasteiger partial charge on any atom is -0.462 e. The van der Waals surface area contributed by atoms with Gasteiger partial charge in [-0.2, -0.15) is 0 Å². The number of nitrogens with one attached hydrogen (secondary N) is 1. The third-order valence-corrected chi connectivity index (χ3v) is 4.84. The summed E-state index contributed by atoms with van der Waals surface area (Å²) in [5, 5.41) is 4.29. The standard InChI is InChI=1S/C19H18N2O3S/c1-4-24-19(23)17-11(2)9-16(25-17)21-18(22)14-10-12(3)20-15-8-6-5-7-13(14)15/h5-10H,4H2,1-3H3,(H,21,22). The van der Waals surface area contributed by atoms with Crippen molar-refractivity contribution in [2.75, 3.05) is 11.9 Å². The largest absolute Gasteiger partial charge is 0.462 e. The number of pyridine rings is 1. The summed E-state index contributed by atoms with van der Waals surface area (Å²) in [4.78, 5) is 29.6. The first-order valence-corrected chi connectivity index (χ1v) is 8.76. The summed E-state index contributed by atoms with van der Waals surface area (Å²) >= 11 is 1.22. The molecular formula is C19H18N2O3S. The molecule has 0 saturated carbocycles. The smallest absolute Gasteiger partial charge is 0.348 e. The Morgan fingerprint density at radius 3 is 2.72 bits per heavy atom. The van der Waals surface area contributed by atoms with Crippen molar-refractivity contribution in [1.29, 1.82) is 0 Å². The van der Waals surface area contributed by atoms with Crippen LogP contribution in [0.1, 0.15) is 38.2 Å². The number of hydrogen-bond acceptors (Lipinski definition) is 5. The lowest BCUT2D eigenvalue weighted by molar-refractivity contribution is 0.0531. The second-order valence-electron chi connectivity index (χ2n) is 5.63. The van der Waals surface area contributed by atoms with E-state index in [9.17, 15) is 9.59 Å². The fourth-order valence-corrected chi connectivity index (χ4v) is 3.58. The summed E-state index contributed by atoms with van der Waals surface area (Å²) in [6.07, 6.45) is 0. The van der Waals surface area contributed by atoms with Gasteiger partial charge in [-0.15, -0.1) is 11.3 Å². The van der Waals surface area contributed by atoms with Crippen molar-refractivity contribution in [1.82, 2.24) is 4.98 Å². The van der Waals surface area contributed by atoms with Crippen LogP contribution in [0.3, 0.4) is 0 Å². The van der Waals surface area contributed by atoms with E-state index in [0.717, 1.165) is 22.2 Å². The second-order valence-corrected chi connectivity index (χ2v) is 6.68. The lowest BCUT2D eigenvalue weighted by Crippen LogP contribution is -2.12. The molecule has 1 amide bonds. The summed E-state index contributed by atoms with van der Waals surface area (Å²) in [7, 11) is 0. The zero-order valence-corrected chi connectivity index (χ0v) is 15.1. The highest BCUT2D eigenvalue weighted by Gasteiger charge is 2.17. The van der Waals surface area contributed by atoms with E-state index in [0.29, 0.717) is 22.0 Å². The van der Waals surface area contributed by atoms with Gasteiger partial charge in [0.2, 0.25) is 0 Å². The van der Waals surface area contributed by atoms with Crippen molar-refractivity contribution in [2.45, 2.75) is 20.8 Å². The summed E-state index contributed by atoms with van der Waals surface area (Å²) in [5.41, 5.74) is 2.90. The van der Waals surface area contributed by atoms with Gasteiger partial charge >= 0.3 is 5.97 Å². The number of fused-ring (bicyclic) bond motifs is 1. The fraction of sp³-hybridized carbons (Fsp3) is 0.211. The van der Waals surface area contributed by atoms with Crippen LogP contribution in [0.4, 0.5) is 5.00 Å². The van der Waals surface area contributed by atoms with E-state index in [-0.39, 0.29) is 11.9 Å². The van der Waals surface area contributed by atoms with Gasteiger partial charge < -0.3 is 10.1 Å². The Labute approximate surface area is 149 Å². The first-order valence-electron chi connectivity index (χ1n) is 7.95. The monoisotopic (exact) mass is 354 g/mol. The number of ether oxygens (including phenoxy) is 1. The maximum absolute atomic E-state index is 12.7. The molecule has 0 radical (unpaired) electrons. The van der Waals surface area contributed by atoms with Gasteiger partial charge in [-0.25, -0.2) is 4.79 Å². The highest BCUT2D eigenvalue weighted by molar-refractivity contribution is 7.18. The summed E-state index contributed by atoms with van der Waals surface area (Å²) in [6, 6.07) is 11.1. The molecule has 1 aromatic carbocycles. The molecule has 0 atom stereocenters. The lowest BCUT2D eigenvalue weighted by atomic mass is 10.1. The molecule has 3 rings (SSSR count). The molecule has 0 aliphatic rings. The average Bonchev–Trinajstić information content (AvgIpc) is 2.94. The Kier molecular flexibility index (Phi) is 4.81. The number of carbonyl (C=O) groups excluding carboxylic acids is 2. The summed E-state index contributed by atoms with van der Waals surface area (Å²) in [5.74, 6) is -0.589. The third kappa shape index (κ3) is 3.53. The number of para-hydroxylation sites is 1. The normalized spacial score (nSPS) is 10.7. The van der Waals surface area contributed by atoms with Crippen LogP contribution in [-0.2, 0) is 4.74 Å². The van der Waals surface area contributed by atoms with E-state index in [4.69, 9.17) is 4.74 Å². The van der Waals surface area contributed by atoms with Gasteiger partial charge in [-0.3, -0.25) is 9.78 Å². The van der Waals surface area contributed by atoms with E-state index in [1.807, 2.05) is 38.1 Å². The van der Waals surface area contributed by atoms with Crippen molar-refractivity contribution < 1.29 is 14.3 Å². The molecular weight excluding hydrogens is 336 g/mol. The van der Waals surface area contributed by atoms with Crippen molar-refractivity contribution >= 4 is 39.1 Å². The number of hydrogen-bond donors (Lipinski definition) is 1. The third-order valence-electron chi connectivity index (χ3n) is 3.70. The molecule has 25 heavy (non-hydrogen) atoms. The van der Waals surface area contributed by atoms with E-state index in [1.165, 1.54) is 11.3 Å². The molecule has 0 spiro atoms. The molecule has 0 aliphatic heterocycles. The van der Waals surface area contributed by atoms with Crippen LogP contribution >= 0.6 is 11.3 Å². The number of aryl methyl sites for hydroxylation is 2. The van der Waals surface area contributed by atoms with Crippen LogP contribution < -0.4 is 5.32 Å². The van der Waals surface area contributed by atoms with Crippen LogP contribution in [0.15, 0.2) is 36.4 Å². The molecule has 6 heteroatoms. The van der Waals surface area contributed by atoms with Crippen molar-refractivity contribution in [3.63, 3.8) is 0 Å². The minimum absolute atomic E-state index is 0.224. The van der Waals surface area contributed by atoms with E-state index in [2.05, 4.69) is 10.3 Å². The summed E-state index contributed by atoms with van der Waals surface area (Å²) < 4.78 is 5.04. The van der Waals surface area contributed by atoms with Crippen LogP contribution in [0.25, 0.3) is 10.9 Å². The average molecular weight is 354 g/mol. The highest BCUT2D eigenvalue weighted by Crippen LogP contribution is 2.28. The lowest BCUT2D eigenvalue weighted by Gasteiger charge is -2.07. The zero-order valence-electron chi connectivity index (χ0n) is 14.3. The van der Waals surface area contributed by atoms with Crippen LogP contribution in [0.2, 0.25) is 0 Å². The van der Waals surface area contributed by atoms with Crippen LogP contribution in [0.5, 0.6) is 0 Å². The van der Waals surface area contributed by atoms with Gasteiger partial charge in [0.15, 0.2) is 0 Å². The van der Waals surface area contributed by atoms with Crippen molar-refractivity contribution in [3.8, 4) is 0 Å². The number of benzene rings is 1. The molecule has 2 aromatic heterocycles. The molecule has 0 bridgehead atoms. The topological polar surface area (TPSA) is 68.3 Å². The van der Waals surface area contributed by atoms with E-state index < -0.39 is 0 Å². The molecule has 0 aliphatic carbocycles. The molecule has 5 nitrogen and oxygen atoms in total. The Hall–Kier alpha value is -2.73.